The molecule has 4 nitrogen and oxygen atoms in total. The van der Waals surface area contributed by atoms with Crippen LogP contribution in [0.4, 0.5) is 5.69 Å². The molecule has 0 aliphatic carbocycles. The van der Waals surface area contributed by atoms with Crippen molar-refractivity contribution in [3.63, 3.8) is 0 Å². The second-order valence-corrected chi connectivity index (χ2v) is 6.41. The summed E-state index contributed by atoms with van der Waals surface area (Å²) in [7, 11) is -3.35. The zero-order chi connectivity index (χ0) is 13.8. The van der Waals surface area contributed by atoms with Gasteiger partial charge in [-0.15, -0.1) is 0 Å². The Balaban J connectivity index is 3.24. The third kappa shape index (κ3) is 3.46. The van der Waals surface area contributed by atoms with Crippen molar-refractivity contribution in [2.45, 2.75) is 27.2 Å². The summed E-state index contributed by atoms with van der Waals surface area (Å²) in [5.41, 5.74) is 2.57. The van der Waals surface area contributed by atoms with E-state index in [1.807, 2.05) is 39.0 Å². The first-order valence-electron chi connectivity index (χ1n) is 6.11. The molecule has 0 fully saturated rings. The molecule has 0 aliphatic rings. The molecule has 0 saturated heterocycles. The van der Waals surface area contributed by atoms with Gasteiger partial charge in [0, 0.05) is 0 Å². The number of rotatable bonds is 6. The maximum absolute atomic E-state index is 12.2. The summed E-state index contributed by atoms with van der Waals surface area (Å²) >= 11 is 0. The van der Waals surface area contributed by atoms with Crippen molar-refractivity contribution in [2.75, 3.05) is 23.2 Å². The number of sulfonamides is 1. The van der Waals surface area contributed by atoms with E-state index < -0.39 is 10.0 Å². The molecule has 1 aromatic carbocycles. The molecule has 18 heavy (non-hydrogen) atoms. The van der Waals surface area contributed by atoms with Crippen LogP contribution in [-0.4, -0.2) is 32.4 Å². The van der Waals surface area contributed by atoms with Crippen molar-refractivity contribution >= 4 is 15.7 Å². The summed E-state index contributed by atoms with van der Waals surface area (Å²) in [5, 5.41) is 9.08. The second kappa shape index (κ2) is 6.20. The van der Waals surface area contributed by atoms with Gasteiger partial charge in [-0.3, -0.25) is 4.31 Å². The zero-order valence-corrected chi connectivity index (χ0v) is 12.0. The quantitative estimate of drug-likeness (QED) is 0.859. The zero-order valence-electron chi connectivity index (χ0n) is 11.2. The van der Waals surface area contributed by atoms with Gasteiger partial charge in [0.1, 0.15) is 0 Å². The molecule has 0 saturated carbocycles. The molecule has 0 radical (unpaired) electrons. The highest BCUT2D eigenvalue weighted by Gasteiger charge is 2.22. The van der Waals surface area contributed by atoms with Crippen LogP contribution in [0.3, 0.4) is 0 Å². The van der Waals surface area contributed by atoms with Gasteiger partial charge in [0.2, 0.25) is 10.0 Å². The van der Waals surface area contributed by atoms with E-state index in [1.165, 1.54) is 4.31 Å². The Morgan fingerprint density at radius 3 is 2.50 bits per heavy atom. The van der Waals surface area contributed by atoms with Gasteiger partial charge in [0.25, 0.3) is 0 Å². The summed E-state index contributed by atoms with van der Waals surface area (Å²) < 4.78 is 25.7. The Hall–Kier alpha value is -1.07. The molecule has 1 rings (SSSR count). The Morgan fingerprint density at radius 1 is 1.28 bits per heavy atom. The summed E-state index contributed by atoms with van der Waals surface area (Å²) in [4.78, 5) is 0. The van der Waals surface area contributed by atoms with E-state index in [4.69, 9.17) is 5.11 Å². The van der Waals surface area contributed by atoms with Crippen LogP contribution in [0.1, 0.15) is 24.5 Å². The molecule has 0 spiro atoms. The molecule has 1 N–H and O–H groups in total. The number of hydrogen-bond acceptors (Lipinski definition) is 3. The summed E-state index contributed by atoms with van der Waals surface area (Å²) in [6.07, 6.45) is 0.565. The van der Waals surface area contributed by atoms with Gasteiger partial charge in [-0.2, -0.15) is 0 Å². The molecule has 0 aromatic heterocycles. The van der Waals surface area contributed by atoms with Crippen molar-refractivity contribution in [3.8, 4) is 0 Å². The third-order valence-electron chi connectivity index (χ3n) is 2.73. The number of aliphatic hydroxyl groups excluding tert-OH is 1. The highest BCUT2D eigenvalue weighted by molar-refractivity contribution is 7.92. The van der Waals surface area contributed by atoms with Crippen molar-refractivity contribution in [1.29, 1.82) is 0 Å². The van der Waals surface area contributed by atoms with Crippen molar-refractivity contribution in [2.24, 2.45) is 0 Å². The van der Waals surface area contributed by atoms with Crippen LogP contribution in [0.5, 0.6) is 0 Å². The maximum atomic E-state index is 12.2. The fourth-order valence-corrected chi connectivity index (χ4v) is 3.45. The van der Waals surface area contributed by atoms with E-state index in [0.717, 1.165) is 11.1 Å². The van der Waals surface area contributed by atoms with Crippen molar-refractivity contribution < 1.29 is 13.5 Å². The fraction of sp³-hybridized carbons (Fsp3) is 0.538. The second-order valence-electron chi connectivity index (χ2n) is 4.40. The first-order valence-corrected chi connectivity index (χ1v) is 7.71. The molecule has 102 valence electrons. The molecule has 0 atom stereocenters. The minimum Gasteiger partial charge on any atom is -0.394 e. The van der Waals surface area contributed by atoms with Crippen LogP contribution in [0, 0.1) is 13.8 Å². The summed E-state index contributed by atoms with van der Waals surface area (Å²) in [6, 6.07) is 5.69. The monoisotopic (exact) mass is 271 g/mol. The Morgan fingerprint density at radius 2 is 1.94 bits per heavy atom. The number of nitrogens with zero attached hydrogens (tertiary/aromatic N) is 1. The smallest absolute Gasteiger partial charge is 0.235 e. The Kier molecular flexibility index (Phi) is 5.16. The standard InChI is InChI=1S/C13H21NO3S/c1-4-9-18(16,17)14(7-8-15)13-10-11(2)5-6-12(13)3/h5-6,10,15H,4,7-9H2,1-3H3. The minimum atomic E-state index is -3.35. The average molecular weight is 271 g/mol. The van der Waals surface area contributed by atoms with E-state index in [0.29, 0.717) is 12.1 Å². The number of anilines is 1. The lowest BCUT2D eigenvalue weighted by Crippen LogP contribution is -2.35. The van der Waals surface area contributed by atoms with Gasteiger partial charge < -0.3 is 5.11 Å². The Labute approximate surface area is 109 Å². The first-order chi connectivity index (χ1) is 8.42. The fourth-order valence-electron chi connectivity index (χ4n) is 1.86. The molecule has 5 heteroatoms. The van der Waals surface area contributed by atoms with Gasteiger partial charge in [-0.25, -0.2) is 8.42 Å². The van der Waals surface area contributed by atoms with Gasteiger partial charge in [0.05, 0.1) is 24.6 Å². The number of hydrogen-bond donors (Lipinski definition) is 1. The van der Waals surface area contributed by atoms with Gasteiger partial charge in [-0.05, 0) is 37.5 Å². The maximum Gasteiger partial charge on any atom is 0.235 e. The minimum absolute atomic E-state index is 0.0976. The van der Waals surface area contributed by atoms with Crippen LogP contribution in [0.25, 0.3) is 0 Å². The lowest BCUT2D eigenvalue weighted by molar-refractivity contribution is 0.306. The van der Waals surface area contributed by atoms with Crippen LogP contribution < -0.4 is 4.31 Å². The molecule has 0 bridgehead atoms. The van der Waals surface area contributed by atoms with Crippen LogP contribution in [0.2, 0.25) is 0 Å². The normalized spacial score (nSPS) is 11.6. The van der Waals surface area contributed by atoms with Gasteiger partial charge >= 0.3 is 0 Å². The lowest BCUT2D eigenvalue weighted by atomic mass is 10.1. The molecule has 0 aliphatic heterocycles. The van der Waals surface area contributed by atoms with Crippen LogP contribution >= 0.6 is 0 Å². The molecule has 0 heterocycles. The average Bonchev–Trinajstić information content (AvgIpc) is 2.29. The van der Waals surface area contributed by atoms with E-state index >= 15 is 0 Å². The number of aliphatic hydroxyl groups is 1. The molecule has 0 amide bonds. The molecule has 0 unspecified atom stereocenters. The highest BCUT2D eigenvalue weighted by atomic mass is 32.2. The first kappa shape index (κ1) is 15.0. The Bertz CT molecular complexity index is 497. The van der Waals surface area contributed by atoms with Gasteiger partial charge in [0.15, 0.2) is 0 Å². The molecular weight excluding hydrogens is 250 g/mol. The summed E-state index contributed by atoms with van der Waals surface area (Å²) in [6.45, 7) is 5.55. The van der Waals surface area contributed by atoms with E-state index in [-0.39, 0.29) is 18.9 Å². The van der Waals surface area contributed by atoms with E-state index in [9.17, 15) is 8.42 Å². The lowest BCUT2D eigenvalue weighted by Gasteiger charge is -2.25. The predicted molar refractivity (Wildman–Crippen MR) is 74.4 cm³/mol. The molecular formula is C13H21NO3S. The largest absolute Gasteiger partial charge is 0.394 e. The third-order valence-corrected chi connectivity index (χ3v) is 4.71. The van der Waals surface area contributed by atoms with Crippen LogP contribution in [0.15, 0.2) is 18.2 Å². The highest BCUT2D eigenvalue weighted by Crippen LogP contribution is 2.24. The topological polar surface area (TPSA) is 57.6 Å². The van der Waals surface area contributed by atoms with Crippen molar-refractivity contribution in [3.05, 3.63) is 29.3 Å². The van der Waals surface area contributed by atoms with E-state index in [2.05, 4.69) is 0 Å². The number of benzene rings is 1. The summed E-state index contributed by atoms with van der Waals surface area (Å²) in [5.74, 6) is 0.0976. The number of aryl methyl sites for hydroxylation is 2. The van der Waals surface area contributed by atoms with Crippen LogP contribution in [-0.2, 0) is 10.0 Å². The van der Waals surface area contributed by atoms with Crippen molar-refractivity contribution in [1.82, 2.24) is 0 Å². The molecule has 1 aromatic rings. The SMILES string of the molecule is CCCS(=O)(=O)N(CCO)c1cc(C)ccc1C. The van der Waals surface area contributed by atoms with Gasteiger partial charge in [-0.1, -0.05) is 19.1 Å². The predicted octanol–water partition coefficient (Wildman–Crippen LogP) is 1.84. The van der Waals surface area contributed by atoms with E-state index in [1.54, 1.807) is 0 Å².